The van der Waals surface area contributed by atoms with E-state index in [1.54, 1.807) is 33.6 Å². The standard InChI is InChI=1S/C34H38N6O3S/c1-5-39-32(37-40(33(39)41)24-26-16-20-28(21-17-26)34(2,3)4)13-9-10-25-14-18-27(19-15-25)30-22-36-31(23-35-30)38-44(42,43)29-11-7-6-8-12-29/h6-8,11-12,14-23H,5,9-10,13,24H2,1-4H3,(H,36,38). The van der Waals surface area contributed by atoms with E-state index in [1.807, 2.05) is 19.1 Å². The molecule has 0 aliphatic heterocycles. The first-order valence-electron chi connectivity index (χ1n) is 14.8. The number of anilines is 1. The van der Waals surface area contributed by atoms with Crippen LogP contribution in [0.25, 0.3) is 11.3 Å². The van der Waals surface area contributed by atoms with E-state index in [9.17, 15) is 13.2 Å². The fourth-order valence-corrected chi connectivity index (χ4v) is 6.01. The number of aryl methyl sites for hydroxylation is 2. The number of hydrogen-bond acceptors (Lipinski definition) is 6. The predicted molar refractivity (Wildman–Crippen MR) is 173 cm³/mol. The summed E-state index contributed by atoms with van der Waals surface area (Å²) in [7, 11) is -3.73. The fourth-order valence-electron chi connectivity index (χ4n) is 4.99. The molecule has 3 aromatic carbocycles. The topological polar surface area (TPSA) is 112 Å². The second kappa shape index (κ2) is 13.0. The quantitative estimate of drug-likeness (QED) is 0.201. The average molecular weight is 611 g/mol. The molecule has 0 aliphatic rings. The van der Waals surface area contributed by atoms with Gasteiger partial charge < -0.3 is 0 Å². The van der Waals surface area contributed by atoms with Gasteiger partial charge in [-0.25, -0.2) is 22.9 Å². The Labute approximate surface area is 258 Å². The summed E-state index contributed by atoms with van der Waals surface area (Å²) in [5.74, 6) is 0.958. The molecule has 0 fully saturated rings. The second-order valence-electron chi connectivity index (χ2n) is 11.8. The van der Waals surface area contributed by atoms with Crippen molar-refractivity contribution < 1.29 is 8.42 Å². The van der Waals surface area contributed by atoms with Gasteiger partial charge in [0.2, 0.25) is 0 Å². The lowest BCUT2D eigenvalue weighted by molar-refractivity contribution is 0.588. The lowest BCUT2D eigenvalue weighted by Gasteiger charge is -2.19. The number of aromatic nitrogens is 5. The van der Waals surface area contributed by atoms with Gasteiger partial charge in [-0.1, -0.05) is 87.5 Å². The van der Waals surface area contributed by atoms with Crippen molar-refractivity contribution in [3.8, 4) is 11.3 Å². The average Bonchev–Trinajstić information content (AvgIpc) is 3.31. The Morgan fingerprint density at radius 1 is 0.818 bits per heavy atom. The van der Waals surface area contributed by atoms with E-state index < -0.39 is 10.0 Å². The zero-order chi connectivity index (χ0) is 31.3. The molecule has 0 saturated carbocycles. The third-order valence-electron chi connectivity index (χ3n) is 7.53. The van der Waals surface area contributed by atoms with Crippen LogP contribution in [0.3, 0.4) is 0 Å². The molecule has 9 nitrogen and oxygen atoms in total. The number of sulfonamides is 1. The lowest BCUT2D eigenvalue weighted by atomic mass is 9.87. The normalized spacial score (nSPS) is 11.9. The van der Waals surface area contributed by atoms with Crippen molar-refractivity contribution in [3.63, 3.8) is 0 Å². The third kappa shape index (κ3) is 7.31. The highest BCUT2D eigenvalue weighted by molar-refractivity contribution is 7.92. The first-order chi connectivity index (χ1) is 21.0. The highest BCUT2D eigenvalue weighted by Gasteiger charge is 2.16. The van der Waals surface area contributed by atoms with Crippen LogP contribution in [-0.2, 0) is 41.4 Å². The van der Waals surface area contributed by atoms with Crippen LogP contribution in [0.5, 0.6) is 0 Å². The minimum absolute atomic E-state index is 0.0771. The van der Waals surface area contributed by atoms with Crippen molar-refractivity contribution in [1.82, 2.24) is 24.3 Å². The van der Waals surface area contributed by atoms with Crippen LogP contribution < -0.4 is 10.4 Å². The summed E-state index contributed by atoms with van der Waals surface area (Å²) in [6.45, 7) is 9.57. The molecule has 0 aliphatic carbocycles. The monoisotopic (exact) mass is 610 g/mol. The van der Waals surface area contributed by atoms with Gasteiger partial charge in [-0.15, -0.1) is 0 Å². The predicted octanol–water partition coefficient (Wildman–Crippen LogP) is 5.84. The molecule has 10 heteroatoms. The molecule has 0 amide bonds. The van der Waals surface area contributed by atoms with Gasteiger partial charge in [0, 0.05) is 18.5 Å². The molecule has 0 saturated heterocycles. The van der Waals surface area contributed by atoms with Gasteiger partial charge in [0.05, 0.1) is 29.5 Å². The summed E-state index contributed by atoms with van der Waals surface area (Å²) in [5.41, 5.74) is 5.01. The smallest absolute Gasteiger partial charge is 0.279 e. The molecule has 2 heterocycles. The maximum absolute atomic E-state index is 13.0. The lowest BCUT2D eigenvalue weighted by Crippen LogP contribution is -2.25. The summed E-state index contributed by atoms with van der Waals surface area (Å²) in [4.78, 5) is 21.8. The van der Waals surface area contributed by atoms with Crippen molar-refractivity contribution in [2.45, 2.75) is 70.4 Å². The van der Waals surface area contributed by atoms with Crippen LogP contribution in [-0.4, -0.2) is 32.7 Å². The highest BCUT2D eigenvalue weighted by atomic mass is 32.2. The Morgan fingerprint density at radius 2 is 1.50 bits per heavy atom. The highest BCUT2D eigenvalue weighted by Crippen LogP contribution is 2.23. The molecule has 0 spiro atoms. The zero-order valence-electron chi connectivity index (χ0n) is 25.6. The summed E-state index contributed by atoms with van der Waals surface area (Å²) in [5, 5.41) is 4.69. The largest absolute Gasteiger partial charge is 0.346 e. The maximum Gasteiger partial charge on any atom is 0.346 e. The SMILES string of the molecule is CCn1c(CCCc2ccc(-c3cnc(NS(=O)(=O)c4ccccc4)cn3)cc2)nn(Cc2ccc(C(C)(C)C)cc2)c1=O. The Bertz CT molecular complexity index is 1860. The summed E-state index contributed by atoms with van der Waals surface area (Å²) in [6.07, 6.45) is 5.36. The fraction of sp³-hybridized carbons (Fsp3) is 0.294. The molecular weight excluding hydrogens is 572 g/mol. The molecule has 0 bridgehead atoms. The number of benzene rings is 3. The Hall–Kier alpha value is -4.57. The van der Waals surface area contributed by atoms with Gasteiger partial charge in [0.1, 0.15) is 5.82 Å². The summed E-state index contributed by atoms with van der Waals surface area (Å²) >= 11 is 0. The van der Waals surface area contributed by atoms with Gasteiger partial charge >= 0.3 is 5.69 Å². The van der Waals surface area contributed by atoms with Crippen molar-refractivity contribution >= 4 is 15.8 Å². The first kappa shape index (κ1) is 30.9. The first-order valence-corrected chi connectivity index (χ1v) is 16.3. The Balaban J connectivity index is 1.17. The summed E-state index contributed by atoms with van der Waals surface area (Å²) < 4.78 is 30.9. The molecule has 5 rings (SSSR count). The molecule has 5 aromatic rings. The summed E-state index contributed by atoms with van der Waals surface area (Å²) in [6, 6.07) is 24.6. The molecule has 0 unspecified atom stereocenters. The van der Waals surface area contributed by atoms with Crippen molar-refractivity contribution in [2.75, 3.05) is 4.72 Å². The molecule has 228 valence electrons. The van der Waals surface area contributed by atoms with Gasteiger partial charge in [-0.2, -0.15) is 5.10 Å². The van der Waals surface area contributed by atoms with E-state index in [-0.39, 0.29) is 21.8 Å². The van der Waals surface area contributed by atoms with E-state index in [1.165, 1.54) is 23.9 Å². The van der Waals surface area contributed by atoms with Crippen LogP contribution in [0.4, 0.5) is 5.82 Å². The van der Waals surface area contributed by atoms with Crippen molar-refractivity contribution in [2.24, 2.45) is 0 Å². The number of hydrogen-bond donors (Lipinski definition) is 1. The van der Waals surface area contributed by atoms with E-state index >= 15 is 0 Å². The van der Waals surface area contributed by atoms with Crippen LogP contribution in [0.2, 0.25) is 0 Å². The zero-order valence-corrected chi connectivity index (χ0v) is 26.4. The molecule has 0 radical (unpaired) electrons. The van der Waals surface area contributed by atoms with Gasteiger partial charge in [0.15, 0.2) is 5.82 Å². The van der Waals surface area contributed by atoms with E-state index in [0.29, 0.717) is 25.2 Å². The number of rotatable bonds is 11. The Kier molecular flexibility index (Phi) is 9.10. The van der Waals surface area contributed by atoms with Gasteiger partial charge in [-0.05, 0) is 54.0 Å². The van der Waals surface area contributed by atoms with E-state index in [0.717, 1.165) is 35.4 Å². The second-order valence-corrected chi connectivity index (χ2v) is 13.5. The van der Waals surface area contributed by atoms with Gasteiger partial charge in [-0.3, -0.25) is 14.3 Å². The molecular formula is C34H38N6O3S. The Morgan fingerprint density at radius 3 is 2.11 bits per heavy atom. The van der Waals surface area contributed by atoms with Crippen LogP contribution in [0.15, 0.2) is 101 Å². The number of nitrogens with zero attached hydrogens (tertiary/aromatic N) is 5. The van der Waals surface area contributed by atoms with Crippen LogP contribution in [0, 0.1) is 0 Å². The molecule has 2 aromatic heterocycles. The van der Waals surface area contributed by atoms with Crippen LogP contribution in [0.1, 0.15) is 56.6 Å². The molecule has 1 N–H and O–H groups in total. The van der Waals surface area contributed by atoms with Gasteiger partial charge in [0.25, 0.3) is 10.0 Å². The van der Waals surface area contributed by atoms with E-state index in [4.69, 9.17) is 0 Å². The van der Waals surface area contributed by atoms with Crippen molar-refractivity contribution in [3.05, 3.63) is 124 Å². The number of nitrogens with one attached hydrogen (secondary N) is 1. The molecule has 0 atom stereocenters. The van der Waals surface area contributed by atoms with Crippen molar-refractivity contribution in [1.29, 1.82) is 0 Å². The maximum atomic E-state index is 13.0. The van der Waals surface area contributed by atoms with E-state index in [2.05, 4.69) is 77.0 Å². The minimum atomic E-state index is -3.73. The minimum Gasteiger partial charge on any atom is -0.279 e. The third-order valence-corrected chi connectivity index (χ3v) is 8.90. The molecule has 44 heavy (non-hydrogen) atoms. The van der Waals surface area contributed by atoms with Crippen LogP contribution >= 0.6 is 0 Å².